The van der Waals surface area contributed by atoms with Crippen LogP contribution in [-0.4, -0.2) is 26.2 Å². The van der Waals surface area contributed by atoms with Crippen molar-refractivity contribution in [2.75, 3.05) is 20.2 Å². The maximum Gasteiger partial charge on any atom is 0.188 e. The van der Waals surface area contributed by atoms with Crippen molar-refractivity contribution in [3.8, 4) is 5.75 Å². The van der Waals surface area contributed by atoms with Crippen molar-refractivity contribution in [1.29, 1.82) is 0 Å². The van der Waals surface area contributed by atoms with Crippen LogP contribution in [0.15, 0.2) is 23.2 Å². The molecule has 0 amide bonds. The molecule has 19 heavy (non-hydrogen) atoms. The van der Waals surface area contributed by atoms with E-state index < -0.39 is 0 Å². The van der Waals surface area contributed by atoms with Gasteiger partial charge in [-0.15, -0.1) is 24.0 Å². The predicted molar refractivity (Wildman–Crippen MR) is 91.9 cm³/mol. The molecule has 0 saturated carbocycles. The lowest BCUT2D eigenvalue weighted by molar-refractivity contribution is 0.414. The third kappa shape index (κ3) is 6.87. The molecule has 1 rings (SSSR count). The first-order chi connectivity index (χ1) is 8.67. The van der Waals surface area contributed by atoms with Crippen LogP contribution in [0, 0.1) is 0 Å². The van der Waals surface area contributed by atoms with Crippen LogP contribution < -0.4 is 15.8 Å². The molecule has 0 aliphatic carbocycles. The lowest BCUT2D eigenvalue weighted by Gasteiger charge is -2.08. The Bertz CT molecular complexity index is 413. The van der Waals surface area contributed by atoms with E-state index in [-0.39, 0.29) is 24.0 Å². The highest BCUT2D eigenvalue weighted by atomic mass is 127. The lowest BCUT2D eigenvalue weighted by Crippen LogP contribution is -2.33. The van der Waals surface area contributed by atoms with Gasteiger partial charge >= 0.3 is 0 Å². The fourth-order valence-electron chi connectivity index (χ4n) is 1.47. The fourth-order valence-corrected chi connectivity index (χ4v) is 1.74. The number of methoxy groups -OCH3 is 1. The molecule has 0 radical (unpaired) electrons. The zero-order valence-electron chi connectivity index (χ0n) is 11.3. The van der Waals surface area contributed by atoms with Gasteiger partial charge < -0.3 is 15.8 Å². The van der Waals surface area contributed by atoms with Crippen molar-refractivity contribution >= 4 is 41.5 Å². The lowest BCUT2D eigenvalue weighted by atomic mass is 10.1. The van der Waals surface area contributed by atoms with E-state index >= 15 is 0 Å². The third-order valence-electron chi connectivity index (χ3n) is 2.47. The molecule has 1 aromatic carbocycles. The number of hydrogen-bond donors (Lipinski definition) is 2. The monoisotopic (exact) mass is 397 g/mol. The Kier molecular flexibility index (Phi) is 9.77. The average Bonchev–Trinajstić information content (AvgIpc) is 2.38. The number of benzene rings is 1. The smallest absolute Gasteiger partial charge is 0.188 e. The Morgan fingerprint density at radius 1 is 1.47 bits per heavy atom. The van der Waals surface area contributed by atoms with E-state index in [9.17, 15) is 0 Å². The molecular formula is C13H21ClIN3O. The first-order valence-corrected chi connectivity index (χ1v) is 6.41. The largest absolute Gasteiger partial charge is 0.497 e. The van der Waals surface area contributed by atoms with Crippen LogP contribution in [0.2, 0.25) is 5.02 Å². The van der Waals surface area contributed by atoms with Crippen molar-refractivity contribution < 1.29 is 4.74 Å². The van der Waals surface area contributed by atoms with Crippen LogP contribution in [-0.2, 0) is 6.42 Å². The number of nitrogens with two attached hydrogens (primary N) is 1. The molecule has 3 N–H and O–H groups in total. The fraction of sp³-hybridized carbons (Fsp3) is 0.462. The Labute approximate surface area is 136 Å². The summed E-state index contributed by atoms with van der Waals surface area (Å²) in [6, 6.07) is 5.67. The predicted octanol–water partition coefficient (Wildman–Crippen LogP) is 2.82. The van der Waals surface area contributed by atoms with Gasteiger partial charge in [0.05, 0.1) is 7.11 Å². The Balaban J connectivity index is 0.00000324. The van der Waals surface area contributed by atoms with Crippen LogP contribution in [0.5, 0.6) is 5.75 Å². The van der Waals surface area contributed by atoms with Gasteiger partial charge in [0.2, 0.25) is 0 Å². The minimum Gasteiger partial charge on any atom is -0.497 e. The van der Waals surface area contributed by atoms with Gasteiger partial charge in [-0.2, -0.15) is 0 Å². The van der Waals surface area contributed by atoms with E-state index in [0.29, 0.717) is 17.5 Å². The summed E-state index contributed by atoms with van der Waals surface area (Å²) in [6.45, 7) is 3.53. The van der Waals surface area contributed by atoms with Gasteiger partial charge in [-0.05, 0) is 30.5 Å². The summed E-state index contributed by atoms with van der Waals surface area (Å²) < 4.78 is 5.10. The minimum absolute atomic E-state index is 0. The Morgan fingerprint density at radius 3 is 2.79 bits per heavy atom. The Morgan fingerprint density at radius 2 is 2.21 bits per heavy atom. The summed E-state index contributed by atoms with van der Waals surface area (Å²) in [5, 5.41) is 3.77. The number of ether oxygens (including phenoxy) is 1. The van der Waals surface area contributed by atoms with Crippen molar-refractivity contribution in [2.24, 2.45) is 10.7 Å². The second-order valence-electron chi connectivity index (χ2n) is 3.90. The van der Waals surface area contributed by atoms with Crippen LogP contribution in [0.1, 0.15) is 18.9 Å². The molecular weight excluding hydrogens is 377 g/mol. The van der Waals surface area contributed by atoms with E-state index in [1.54, 1.807) is 7.11 Å². The standard InChI is InChI=1S/C13H20ClN3O.HI/c1-3-7-16-13(15)17-8-6-10-4-5-11(18-2)9-12(10)14;/h4-5,9H,3,6-8H2,1-2H3,(H3,15,16,17);1H. The summed E-state index contributed by atoms with van der Waals surface area (Å²) in [5.74, 6) is 1.25. The molecule has 0 atom stereocenters. The van der Waals surface area contributed by atoms with Gasteiger partial charge in [0, 0.05) is 18.1 Å². The first kappa shape index (κ1) is 18.3. The number of nitrogens with one attached hydrogen (secondary N) is 1. The average molecular weight is 398 g/mol. The van der Waals surface area contributed by atoms with Crippen LogP contribution >= 0.6 is 35.6 Å². The number of hydrogen-bond acceptors (Lipinski definition) is 2. The van der Waals surface area contributed by atoms with Crippen molar-refractivity contribution in [1.82, 2.24) is 5.32 Å². The van der Waals surface area contributed by atoms with Gasteiger partial charge in [0.15, 0.2) is 5.96 Å². The van der Waals surface area contributed by atoms with Crippen LogP contribution in [0.3, 0.4) is 0 Å². The van der Waals surface area contributed by atoms with E-state index in [4.69, 9.17) is 22.1 Å². The molecule has 108 valence electrons. The molecule has 1 aromatic rings. The van der Waals surface area contributed by atoms with Gasteiger partial charge in [0.1, 0.15) is 5.75 Å². The molecule has 0 saturated heterocycles. The summed E-state index contributed by atoms with van der Waals surface area (Å²) >= 11 is 6.14. The van der Waals surface area contributed by atoms with Crippen molar-refractivity contribution in [2.45, 2.75) is 19.8 Å². The van der Waals surface area contributed by atoms with Crippen LogP contribution in [0.4, 0.5) is 0 Å². The SMILES string of the molecule is CCCN=C(N)NCCc1ccc(OC)cc1Cl.I. The van der Waals surface area contributed by atoms with Gasteiger partial charge in [-0.1, -0.05) is 24.6 Å². The molecule has 0 aliphatic heterocycles. The number of nitrogens with zero attached hydrogens (tertiary/aromatic N) is 1. The van der Waals surface area contributed by atoms with Gasteiger partial charge in [-0.25, -0.2) is 0 Å². The second-order valence-corrected chi connectivity index (χ2v) is 4.31. The van der Waals surface area contributed by atoms with Gasteiger partial charge in [0.25, 0.3) is 0 Å². The topological polar surface area (TPSA) is 59.6 Å². The molecule has 4 nitrogen and oxygen atoms in total. The second kappa shape index (κ2) is 10.1. The molecule has 6 heteroatoms. The normalized spacial score (nSPS) is 10.8. The molecule has 0 bridgehead atoms. The maximum absolute atomic E-state index is 6.14. The highest BCUT2D eigenvalue weighted by Gasteiger charge is 2.02. The highest BCUT2D eigenvalue weighted by molar-refractivity contribution is 14.0. The zero-order valence-corrected chi connectivity index (χ0v) is 14.4. The molecule has 0 aliphatic rings. The van der Waals surface area contributed by atoms with Crippen molar-refractivity contribution in [3.63, 3.8) is 0 Å². The van der Waals surface area contributed by atoms with E-state index in [1.807, 2.05) is 18.2 Å². The zero-order chi connectivity index (χ0) is 13.4. The first-order valence-electron chi connectivity index (χ1n) is 6.03. The minimum atomic E-state index is 0. The third-order valence-corrected chi connectivity index (χ3v) is 2.82. The number of guanidine groups is 1. The van der Waals surface area contributed by atoms with E-state index in [0.717, 1.165) is 30.7 Å². The van der Waals surface area contributed by atoms with Crippen molar-refractivity contribution in [3.05, 3.63) is 28.8 Å². The molecule has 0 unspecified atom stereocenters. The molecule has 0 heterocycles. The maximum atomic E-state index is 6.14. The number of aliphatic imine (C=N–C) groups is 1. The summed E-state index contributed by atoms with van der Waals surface area (Å²) in [7, 11) is 1.62. The highest BCUT2D eigenvalue weighted by Crippen LogP contribution is 2.22. The number of halogens is 2. The molecule has 0 spiro atoms. The van der Waals surface area contributed by atoms with E-state index in [2.05, 4.69) is 17.2 Å². The number of rotatable bonds is 6. The Hall–Kier alpha value is -0.690. The summed E-state index contributed by atoms with van der Waals surface area (Å²) in [5.41, 5.74) is 6.76. The van der Waals surface area contributed by atoms with Crippen LogP contribution in [0.25, 0.3) is 0 Å². The summed E-state index contributed by atoms with van der Waals surface area (Å²) in [6.07, 6.45) is 1.79. The molecule has 0 aromatic heterocycles. The quantitative estimate of drug-likeness (QED) is 0.441. The summed E-state index contributed by atoms with van der Waals surface area (Å²) in [4.78, 5) is 4.15. The van der Waals surface area contributed by atoms with Gasteiger partial charge in [-0.3, -0.25) is 4.99 Å². The van der Waals surface area contributed by atoms with E-state index in [1.165, 1.54) is 0 Å². The molecule has 0 fully saturated rings.